The average molecular weight is 722 g/mol. The number of Topliss-reactive ketones (excluding diaryl/α,β-unsaturated/α-hetero) is 1. The van der Waals surface area contributed by atoms with Gasteiger partial charge in [-0.25, -0.2) is 4.79 Å². The van der Waals surface area contributed by atoms with Gasteiger partial charge in [0.2, 0.25) is 17.6 Å². The van der Waals surface area contributed by atoms with Gasteiger partial charge in [-0.05, 0) is 40.4 Å². The van der Waals surface area contributed by atoms with Gasteiger partial charge in [-0.15, -0.1) is 6.58 Å². The highest BCUT2D eigenvalue weighted by molar-refractivity contribution is 7.87. The Morgan fingerprint density at radius 1 is 0.960 bits per heavy atom. The number of likely N-dealkylation sites (N-methyl/N-ethyl adjacent to an activating group) is 1. The molecule has 2 heterocycles. The molecule has 4 fully saturated rings. The maximum atomic E-state index is 14.5. The third-order valence-corrected chi connectivity index (χ3v) is 13.3. The van der Waals surface area contributed by atoms with Crippen LogP contribution in [0.1, 0.15) is 81.1 Å². The van der Waals surface area contributed by atoms with Gasteiger partial charge in [0, 0.05) is 45.8 Å². The predicted molar refractivity (Wildman–Crippen MR) is 190 cm³/mol. The van der Waals surface area contributed by atoms with Gasteiger partial charge in [0.25, 0.3) is 16.1 Å². The standard InChI is InChI=1S/C35H59N7O7S/c1-11-15-36-30(45)27(43)23(18-21-13-12-14-21)37-29(44)26-25-22(35(25,8)9)19-42(26)31(46)28(34(5,6)7)39-32(47)38-24(33(2,3)4)20-41-17-16-40(10)50(41,48)49/h11,21-26,28H,1,12-20H2,2-10H3,(H,36,45)(H,37,44)(H2,38,39,47)/t22-,23?,24+,25-,26-,28+/m0/s1. The fourth-order valence-electron chi connectivity index (χ4n) is 7.52. The van der Waals surface area contributed by atoms with E-state index in [4.69, 9.17) is 0 Å². The molecule has 15 heteroatoms. The molecule has 2 aliphatic heterocycles. The summed E-state index contributed by atoms with van der Waals surface area (Å²) >= 11 is 0. The lowest BCUT2D eigenvalue weighted by Gasteiger charge is -2.39. The van der Waals surface area contributed by atoms with Crippen molar-refractivity contribution in [1.82, 2.24) is 34.8 Å². The number of carbonyl (C=O) groups excluding carboxylic acids is 5. The van der Waals surface area contributed by atoms with Crippen molar-refractivity contribution in [3.8, 4) is 0 Å². The molecule has 0 aromatic heterocycles. The molecule has 282 valence electrons. The van der Waals surface area contributed by atoms with E-state index in [2.05, 4.69) is 41.7 Å². The second kappa shape index (κ2) is 14.5. The van der Waals surface area contributed by atoms with Crippen LogP contribution in [0.4, 0.5) is 4.79 Å². The molecule has 0 aromatic carbocycles. The number of urea groups is 1. The maximum Gasteiger partial charge on any atom is 0.315 e. The number of nitrogens with zero attached hydrogens (tertiary/aromatic N) is 3. The average Bonchev–Trinajstić information content (AvgIpc) is 3.24. The summed E-state index contributed by atoms with van der Waals surface area (Å²) in [5.41, 5.74) is -1.49. The third kappa shape index (κ3) is 8.36. The number of ketones is 1. The molecule has 0 radical (unpaired) electrons. The molecule has 4 rings (SSSR count). The zero-order valence-corrected chi connectivity index (χ0v) is 32.1. The van der Waals surface area contributed by atoms with Crippen LogP contribution in [0.15, 0.2) is 12.7 Å². The van der Waals surface area contributed by atoms with Gasteiger partial charge >= 0.3 is 6.03 Å². The zero-order chi connectivity index (χ0) is 37.6. The fraction of sp³-hybridized carbons (Fsp3) is 0.800. The SMILES string of the molecule is C=CCNC(=O)C(=O)C(CC1CCC1)NC(=O)[C@@H]1[C@@H]2[C@H](CN1C(=O)[C@@H](NC(=O)N[C@H](CN1CCN(C)S1(=O)=O)C(C)(C)C)C(C)(C)C)C2(C)C. The first-order valence-electron chi connectivity index (χ1n) is 17.8. The Balaban J connectivity index is 1.53. The van der Waals surface area contributed by atoms with Crippen LogP contribution in [0.25, 0.3) is 0 Å². The lowest BCUT2D eigenvalue weighted by atomic mass is 9.80. The van der Waals surface area contributed by atoms with Gasteiger partial charge in [0.15, 0.2) is 0 Å². The maximum absolute atomic E-state index is 14.5. The lowest BCUT2D eigenvalue weighted by Crippen LogP contribution is -2.63. The molecular formula is C35H59N7O7S. The summed E-state index contributed by atoms with van der Waals surface area (Å²) in [4.78, 5) is 69.7. The molecule has 4 aliphatic rings. The largest absolute Gasteiger partial charge is 0.346 e. The highest BCUT2D eigenvalue weighted by Gasteiger charge is 2.70. The molecule has 4 N–H and O–H groups in total. The first kappa shape index (κ1) is 39.7. The number of likely N-dealkylation sites (tertiary alicyclic amines) is 1. The molecule has 14 nitrogen and oxygen atoms in total. The van der Waals surface area contributed by atoms with Crippen LogP contribution in [0.5, 0.6) is 0 Å². The van der Waals surface area contributed by atoms with Crippen LogP contribution >= 0.6 is 0 Å². The van der Waals surface area contributed by atoms with E-state index in [1.54, 1.807) is 0 Å². The Bertz CT molecular complexity index is 1460. The summed E-state index contributed by atoms with van der Waals surface area (Å²) in [5.74, 6) is -2.28. The smallest absolute Gasteiger partial charge is 0.315 e. The van der Waals surface area contributed by atoms with E-state index in [9.17, 15) is 32.4 Å². The Labute approximate surface area is 298 Å². The van der Waals surface area contributed by atoms with Crippen molar-refractivity contribution in [2.45, 2.75) is 105 Å². The molecule has 2 saturated heterocycles. The molecule has 2 aliphatic carbocycles. The summed E-state index contributed by atoms with van der Waals surface area (Å²) in [6.07, 6.45) is 4.69. The summed E-state index contributed by atoms with van der Waals surface area (Å²) < 4.78 is 28.2. The first-order valence-corrected chi connectivity index (χ1v) is 19.2. The third-order valence-electron chi connectivity index (χ3n) is 11.3. The van der Waals surface area contributed by atoms with Crippen LogP contribution < -0.4 is 21.3 Å². The number of hydrogen-bond donors (Lipinski definition) is 4. The number of hydrogen-bond acceptors (Lipinski definition) is 7. The second-order valence-corrected chi connectivity index (χ2v) is 19.4. The minimum Gasteiger partial charge on any atom is -0.346 e. The number of piperidine rings is 1. The van der Waals surface area contributed by atoms with Crippen LogP contribution in [0.2, 0.25) is 0 Å². The number of rotatable bonds is 13. The Morgan fingerprint density at radius 3 is 2.10 bits per heavy atom. The minimum absolute atomic E-state index is 0.0548. The van der Waals surface area contributed by atoms with E-state index in [0.29, 0.717) is 26.1 Å². The molecule has 0 spiro atoms. The Hall–Kier alpha value is -3.04. The topological polar surface area (TPSA) is 177 Å². The fourth-order valence-corrected chi connectivity index (χ4v) is 8.88. The Kier molecular flexibility index (Phi) is 11.5. The first-order chi connectivity index (χ1) is 23.0. The van der Waals surface area contributed by atoms with Gasteiger partial charge in [-0.2, -0.15) is 17.0 Å². The van der Waals surface area contributed by atoms with Crippen LogP contribution in [0, 0.1) is 34.0 Å². The second-order valence-electron chi connectivity index (χ2n) is 17.4. The number of nitrogens with one attached hydrogen (secondary N) is 4. The van der Waals surface area contributed by atoms with Gasteiger partial charge in [-0.3, -0.25) is 19.2 Å². The monoisotopic (exact) mass is 721 g/mol. The molecule has 2 saturated carbocycles. The summed E-state index contributed by atoms with van der Waals surface area (Å²) in [6, 6.07) is -4.13. The van der Waals surface area contributed by atoms with Gasteiger partial charge in [0.05, 0.1) is 6.04 Å². The Morgan fingerprint density at radius 2 is 1.60 bits per heavy atom. The van der Waals surface area contributed by atoms with Crippen LogP contribution in [-0.4, -0.2) is 115 Å². The number of fused-ring (bicyclic) bond motifs is 1. The normalized spacial score (nSPS) is 26.5. The molecule has 1 unspecified atom stereocenters. The molecule has 50 heavy (non-hydrogen) atoms. The number of carbonyl (C=O) groups is 5. The molecule has 0 aromatic rings. The molecular weight excluding hydrogens is 662 g/mol. The molecule has 0 bridgehead atoms. The van der Waals surface area contributed by atoms with E-state index in [-0.39, 0.29) is 36.3 Å². The minimum atomic E-state index is -3.63. The van der Waals surface area contributed by atoms with Gasteiger partial charge < -0.3 is 26.2 Å². The summed E-state index contributed by atoms with van der Waals surface area (Å²) in [6.45, 7) is 20.1. The van der Waals surface area contributed by atoms with E-state index in [1.807, 2.05) is 41.5 Å². The van der Waals surface area contributed by atoms with Crippen molar-refractivity contribution < 1.29 is 32.4 Å². The summed E-state index contributed by atoms with van der Waals surface area (Å²) in [7, 11) is -2.11. The highest BCUT2D eigenvalue weighted by atomic mass is 32.2. The van der Waals surface area contributed by atoms with Crippen molar-refractivity contribution in [3.63, 3.8) is 0 Å². The van der Waals surface area contributed by atoms with Crippen molar-refractivity contribution in [1.29, 1.82) is 0 Å². The van der Waals surface area contributed by atoms with E-state index in [0.717, 1.165) is 19.3 Å². The zero-order valence-electron chi connectivity index (χ0n) is 31.3. The van der Waals surface area contributed by atoms with E-state index >= 15 is 0 Å². The van der Waals surface area contributed by atoms with Crippen molar-refractivity contribution in [2.24, 2.45) is 34.0 Å². The van der Waals surface area contributed by atoms with E-state index < -0.39 is 74.7 Å². The highest BCUT2D eigenvalue weighted by Crippen LogP contribution is 2.65. The van der Waals surface area contributed by atoms with Crippen LogP contribution in [0.3, 0.4) is 0 Å². The van der Waals surface area contributed by atoms with Gasteiger partial charge in [0.1, 0.15) is 12.1 Å². The molecule has 5 amide bonds. The lowest BCUT2D eigenvalue weighted by molar-refractivity contribution is -0.145. The number of amides is 5. The quantitative estimate of drug-likeness (QED) is 0.165. The predicted octanol–water partition coefficient (Wildman–Crippen LogP) is 1.64. The van der Waals surface area contributed by atoms with Crippen molar-refractivity contribution in [3.05, 3.63) is 12.7 Å². The molecule has 6 atom stereocenters. The van der Waals surface area contributed by atoms with Crippen molar-refractivity contribution in [2.75, 3.05) is 39.8 Å². The van der Waals surface area contributed by atoms with E-state index in [1.165, 1.54) is 26.6 Å². The van der Waals surface area contributed by atoms with Gasteiger partial charge in [-0.1, -0.05) is 80.7 Å². The summed E-state index contributed by atoms with van der Waals surface area (Å²) in [5, 5.41) is 11.2. The van der Waals surface area contributed by atoms with Crippen LogP contribution in [-0.2, 0) is 29.4 Å². The van der Waals surface area contributed by atoms with Crippen molar-refractivity contribution >= 4 is 39.7 Å².